The van der Waals surface area contributed by atoms with Crippen molar-refractivity contribution >= 4 is 17.2 Å². The number of aliphatic hydroxyl groups is 1. The van der Waals surface area contributed by atoms with Crippen molar-refractivity contribution in [3.63, 3.8) is 0 Å². The molecule has 1 saturated carbocycles. The number of hydrogen-bond acceptors (Lipinski definition) is 3. The van der Waals surface area contributed by atoms with E-state index < -0.39 is 5.54 Å². The number of carbonyl (C=O) groups is 1. The van der Waals surface area contributed by atoms with Crippen LogP contribution < -0.4 is 5.32 Å². The number of carbonyl (C=O) groups excluding carboxylic acids is 1. The SMILES string of the molecule is CCc1cc(C(=O)NC2(CO)CCC(C)CC2)sc1C. The van der Waals surface area contributed by atoms with Crippen molar-refractivity contribution in [2.75, 3.05) is 6.61 Å². The molecule has 20 heavy (non-hydrogen) atoms. The van der Waals surface area contributed by atoms with E-state index >= 15 is 0 Å². The second kappa shape index (κ2) is 6.27. The zero-order valence-electron chi connectivity index (χ0n) is 12.7. The number of aryl methyl sites for hydroxylation is 2. The Bertz CT molecular complexity index is 473. The third kappa shape index (κ3) is 3.23. The van der Waals surface area contributed by atoms with E-state index in [1.807, 2.05) is 6.07 Å². The van der Waals surface area contributed by atoms with Crippen molar-refractivity contribution in [1.82, 2.24) is 5.32 Å². The standard InChI is InChI=1S/C16H25NO2S/c1-4-13-9-14(20-12(13)3)15(19)17-16(10-18)7-5-11(2)6-8-16/h9,11,18H,4-8,10H2,1-3H3,(H,17,19). The largest absolute Gasteiger partial charge is 0.394 e. The highest BCUT2D eigenvalue weighted by Crippen LogP contribution is 2.32. The smallest absolute Gasteiger partial charge is 0.261 e. The molecule has 1 aromatic rings. The minimum atomic E-state index is -0.409. The van der Waals surface area contributed by atoms with Gasteiger partial charge in [0.2, 0.25) is 0 Å². The zero-order chi connectivity index (χ0) is 14.8. The van der Waals surface area contributed by atoms with E-state index in [9.17, 15) is 9.90 Å². The predicted molar refractivity (Wildman–Crippen MR) is 83.3 cm³/mol. The fourth-order valence-corrected chi connectivity index (χ4v) is 3.93. The number of amides is 1. The number of nitrogens with one attached hydrogen (secondary N) is 1. The Hall–Kier alpha value is -0.870. The van der Waals surface area contributed by atoms with Gasteiger partial charge in [-0.15, -0.1) is 11.3 Å². The second-order valence-electron chi connectivity index (χ2n) is 6.12. The molecule has 1 heterocycles. The van der Waals surface area contributed by atoms with Crippen LogP contribution in [0.1, 0.15) is 59.6 Å². The molecule has 2 rings (SSSR count). The summed E-state index contributed by atoms with van der Waals surface area (Å²) in [5.41, 5.74) is 0.837. The van der Waals surface area contributed by atoms with Crippen LogP contribution in [0.4, 0.5) is 0 Å². The molecule has 0 spiro atoms. The molecule has 0 unspecified atom stereocenters. The van der Waals surface area contributed by atoms with Crippen LogP contribution >= 0.6 is 11.3 Å². The lowest BCUT2D eigenvalue weighted by Gasteiger charge is -2.38. The molecule has 0 saturated heterocycles. The molecule has 1 fully saturated rings. The zero-order valence-corrected chi connectivity index (χ0v) is 13.5. The highest BCUT2D eigenvalue weighted by atomic mass is 32.1. The van der Waals surface area contributed by atoms with Crippen molar-refractivity contribution in [2.24, 2.45) is 5.92 Å². The van der Waals surface area contributed by atoms with Crippen molar-refractivity contribution in [2.45, 2.75) is 58.4 Å². The molecule has 0 atom stereocenters. The third-order valence-corrected chi connectivity index (χ3v) is 5.63. The Labute approximate surface area is 125 Å². The van der Waals surface area contributed by atoms with Crippen molar-refractivity contribution < 1.29 is 9.90 Å². The van der Waals surface area contributed by atoms with E-state index in [0.29, 0.717) is 5.92 Å². The van der Waals surface area contributed by atoms with Gasteiger partial charge in [0.25, 0.3) is 5.91 Å². The van der Waals surface area contributed by atoms with Gasteiger partial charge in [-0.25, -0.2) is 0 Å². The van der Waals surface area contributed by atoms with Gasteiger partial charge in [-0.05, 0) is 56.6 Å². The Morgan fingerprint density at radius 1 is 1.50 bits per heavy atom. The number of thiophene rings is 1. The van der Waals surface area contributed by atoms with E-state index in [4.69, 9.17) is 0 Å². The van der Waals surface area contributed by atoms with Gasteiger partial charge < -0.3 is 10.4 Å². The Morgan fingerprint density at radius 3 is 2.65 bits per heavy atom. The average Bonchev–Trinajstić information content (AvgIpc) is 2.83. The summed E-state index contributed by atoms with van der Waals surface area (Å²) >= 11 is 1.55. The molecule has 1 amide bonds. The molecule has 3 nitrogen and oxygen atoms in total. The quantitative estimate of drug-likeness (QED) is 0.895. The average molecular weight is 295 g/mol. The molecule has 0 bridgehead atoms. The van der Waals surface area contributed by atoms with Crippen molar-refractivity contribution in [1.29, 1.82) is 0 Å². The van der Waals surface area contributed by atoms with Crippen molar-refractivity contribution in [3.8, 4) is 0 Å². The van der Waals surface area contributed by atoms with Gasteiger partial charge in [0.1, 0.15) is 0 Å². The summed E-state index contributed by atoms with van der Waals surface area (Å²) in [5, 5.41) is 12.8. The molecule has 0 radical (unpaired) electrons. The fourth-order valence-electron chi connectivity index (χ4n) is 2.92. The van der Waals surface area contributed by atoms with Gasteiger partial charge in [-0.1, -0.05) is 13.8 Å². The molecule has 1 aliphatic carbocycles. The summed E-state index contributed by atoms with van der Waals surface area (Å²) < 4.78 is 0. The van der Waals surface area contributed by atoms with Crippen molar-refractivity contribution in [3.05, 3.63) is 21.4 Å². The molecule has 112 valence electrons. The fraction of sp³-hybridized carbons (Fsp3) is 0.688. The summed E-state index contributed by atoms with van der Waals surface area (Å²) in [5.74, 6) is 0.670. The van der Waals surface area contributed by atoms with Crippen LogP contribution in [0.3, 0.4) is 0 Å². The van der Waals surface area contributed by atoms with Gasteiger partial charge in [0.05, 0.1) is 17.0 Å². The lowest BCUT2D eigenvalue weighted by molar-refractivity contribution is 0.0720. The monoisotopic (exact) mass is 295 g/mol. The van der Waals surface area contributed by atoms with Gasteiger partial charge in [0.15, 0.2) is 0 Å². The summed E-state index contributed by atoms with van der Waals surface area (Å²) in [6.45, 7) is 6.44. The van der Waals surface area contributed by atoms with Crippen LogP contribution in [0.5, 0.6) is 0 Å². The van der Waals surface area contributed by atoms with E-state index in [-0.39, 0.29) is 12.5 Å². The molecule has 1 aromatic heterocycles. The minimum Gasteiger partial charge on any atom is -0.394 e. The van der Waals surface area contributed by atoms with Gasteiger partial charge in [0, 0.05) is 4.88 Å². The second-order valence-corrected chi connectivity index (χ2v) is 7.38. The number of rotatable bonds is 4. The molecule has 4 heteroatoms. The van der Waals surface area contributed by atoms with E-state index in [1.54, 1.807) is 11.3 Å². The highest BCUT2D eigenvalue weighted by Gasteiger charge is 2.35. The minimum absolute atomic E-state index is 0.0265. The molecule has 0 aromatic carbocycles. The Balaban J connectivity index is 2.09. The van der Waals surface area contributed by atoms with Crippen LogP contribution in [0, 0.1) is 12.8 Å². The first-order chi connectivity index (χ1) is 9.49. The van der Waals surface area contributed by atoms with Crippen LogP contribution in [0.25, 0.3) is 0 Å². The summed E-state index contributed by atoms with van der Waals surface area (Å²) in [6, 6.07) is 1.99. The summed E-state index contributed by atoms with van der Waals surface area (Å²) in [7, 11) is 0. The summed E-state index contributed by atoms with van der Waals surface area (Å²) in [6.07, 6.45) is 4.86. The molecular weight excluding hydrogens is 270 g/mol. The Kier molecular flexibility index (Phi) is 4.86. The highest BCUT2D eigenvalue weighted by molar-refractivity contribution is 7.14. The van der Waals surface area contributed by atoms with E-state index in [2.05, 4.69) is 26.1 Å². The van der Waals surface area contributed by atoms with Crippen LogP contribution in [-0.4, -0.2) is 23.2 Å². The lowest BCUT2D eigenvalue weighted by atomic mass is 9.77. The van der Waals surface area contributed by atoms with Crippen LogP contribution in [0.2, 0.25) is 0 Å². The molecule has 1 aliphatic rings. The lowest BCUT2D eigenvalue weighted by Crippen LogP contribution is -2.53. The first kappa shape index (κ1) is 15.5. The first-order valence-electron chi connectivity index (χ1n) is 7.52. The summed E-state index contributed by atoms with van der Waals surface area (Å²) in [4.78, 5) is 14.4. The van der Waals surface area contributed by atoms with Gasteiger partial charge in [-0.2, -0.15) is 0 Å². The van der Waals surface area contributed by atoms with Crippen LogP contribution in [-0.2, 0) is 6.42 Å². The van der Waals surface area contributed by atoms with E-state index in [0.717, 1.165) is 37.0 Å². The molecular formula is C16H25NO2S. The normalized spacial score (nSPS) is 26.5. The van der Waals surface area contributed by atoms with Crippen LogP contribution in [0.15, 0.2) is 6.07 Å². The van der Waals surface area contributed by atoms with Gasteiger partial charge >= 0.3 is 0 Å². The van der Waals surface area contributed by atoms with Gasteiger partial charge in [-0.3, -0.25) is 4.79 Å². The maximum Gasteiger partial charge on any atom is 0.261 e. The maximum atomic E-state index is 12.4. The topological polar surface area (TPSA) is 49.3 Å². The molecule has 0 aliphatic heterocycles. The Morgan fingerprint density at radius 2 is 2.15 bits per heavy atom. The third-order valence-electron chi connectivity index (χ3n) is 4.54. The first-order valence-corrected chi connectivity index (χ1v) is 8.34. The number of hydrogen-bond donors (Lipinski definition) is 2. The number of aliphatic hydroxyl groups excluding tert-OH is 1. The molecule has 2 N–H and O–H groups in total. The predicted octanol–water partition coefficient (Wildman–Crippen LogP) is 3.29. The maximum absolute atomic E-state index is 12.4. The van der Waals surface area contributed by atoms with E-state index in [1.165, 1.54) is 10.4 Å².